The van der Waals surface area contributed by atoms with Crippen molar-refractivity contribution in [2.45, 2.75) is 13.0 Å². The number of hydrogen-bond donors (Lipinski definition) is 0. The second-order valence-corrected chi connectivity index (χ2v) is 6.91. The summed E-state index contributed by atoms with van der Waals surface area (Å²) in [5, 5.41) is 6.36. The van der Waals surface area contributed by atoms with Crippen molar-refractivity contribution in [3.8, 4) is 11.4 Å². The first-order valence-corrected chi connectivity index (χ1v) is 9.44. The number of aromatic nitrogens is 3. The molecule has 1 heterocycles. The molecule has 0 saturated heterocycles. The monoisotopic (exact) mass is 386 g/mol. The predicted octanol–water partition coefficient (Wildman–Crippen LogP) is 4.02. The molecular formula is C23H22N4O2. The Hall–Kier alpha value is -3.67. The van der Waals surface area contributed by atoms with Gasteiger partial charge in [-0.05, 0) is 47.5 Å². The second kappa shape index (κ2) is 8.14. The van der Waals surface area contributed by atoms with Crippen molar-refractivity contribution in [2.75, 3.05) is 13.7 Å². The quantitative estimate of drug-likeness (QED) is 0.502. The summed E-state index contributed by atoms with van der Waals surface area (Å²) < 4.78 is 7.44. The van der Waals surface area contributed by atoms with Gasteiger partial charge in [-0.2, -0.15) is 5.10 Å². The van der Waals surface area contributed by atoms with Crippen molar-refractivity contribution < 1.29 is 9.53 Å². The number of rotatable bonds is 6. The fourth-order valence-corrected chi connectivity index (χ4v) is 3.19. The third kappa shape index (κ3) is 4.11. The highest BCUT2D eigenvalue weighted by atomic mass is 16.5. The molecule has 0 saturated carbocycles. The first kappa shape index (κ1) is 18.7. The van der Waals surface area contributed by atoms with Crippen LogP contribution >= 0.6 is 0 Å². The third-order valence-electron chi connectivity index (χ3n) is 5.12. The van der Waals surface area contributed by atoms with Crippen molar-refractivity contribution in [3.63, 3.8) is 0 Å². The Morgan fingerprint density at radius 1 is 1.07 bits per heavy atom. The summed E-state index contributed by atoms with van der Waals surface area (Å²) in [5.74, 6) is 0.612. The summed E-state index contributed by atoms with van der Waals surface area (Å²) in [6.07, 6.45) is 3.15. The molecule has 0 aliphatic rings. The Morgan fingerprint density at radius 3 is 2.55 bits per heavy atom. The molecule has 146 valence electrons. The fraction of sp³-hybridized carbons (Fsp3) is 0.174. The van der Waals surface area contributed by atoms with Gasteiger partial charge in [0.1, 0.15) is 18.4 Å². The Bertz CT molecular complexity index is 1110. The Morgan fingerprint density at radius 2 is 1.83 bits per heavy atom. The maximum atomic E-state index is 12.6. The number of likely N-dealkylation sites (N-methyl/N-ethyl adjacent to an activating group) is 1. The molecule has 0 fully saturated rings. The van der Waals surface area contributed by atoms with E-state index in [1.54, 1.807) is 23.0 Å². The van der Waals surface area contributed by atoms with Gasteiger partial charge in [0.15, 0.2) is 6.61 Å². The maximum Gasteiger partial charge on any atom is 0.260 e. The lowest BCUT2D eigenvalue weighted by atomic mass is 10.1. The van der Waals surface area contributed by atoms with E-state index in [0.29, 0.717) is 5.75 Å². The highest BCUT2D eigenvalue weighted by molar-refractivity contribution is 5.84. The normalized spacial score (nSPS) is 11.9. The van der Waals surface area contributed by atoms with Crippen LogP contribution in [0.3, 0.4) is 0 Å². The average Bonchev–Trinajstić information content (AvgIpc) is 3.31. The van der Waals surface area contributed by atoms with Gasteiger partial charge in [0.05, 0.1) is 11.7 Å². The molecule has 0 bridgehead atoms. The maximum absolute atomic E-state index is 12.6. The van der Waals surface area contributed by atoms with Crippen LogP contribution in [0.2, 0.25) is 0 Å². The largest absolute Gasteiger partial charge is 0.484 e. The molecule has 1 amide bonds. The number of benzene rings is 3. The fourth-order valence-electron chi connectivity index (χ4n) is 3.19. The average molecular weight is 386 g/mol. The van der Waals surface area contributed by atoms with Gasteiger partial charge in [-0.25, -0.2) is 9.67 Å². The number of fused-ring (bicyclic) bond motifs is 1. The van der Waals surface area contributed by atoms with E-state index in [-0.39, 0.29) is 18.6 Å². The van der Waals surface area contributed by atoms with Crippen molar-refractivity contribution in [2.24, 2.45) is 0 Å². The highest BCUT2D eigenvalue weighted by Gasteiger charge is 2.18. The third-order valence-corrected chi connectivity index (χ3v) is 5.12. The molecule has 4 rings (SSSR count). The molecule has 0 radical (unpaired) electrons. The Balaban J connectivity index is 1.38. The molecule has 3 aromatic carbocycles. The zero-order chi connectivity index (χ0) is 20.2. The van der Waals surface area contributed by atoms with Crippen LogP contribution in [-0.2, 0) is 4.79 Å². The van der Waals surface area contributed by atoms with Gasteiger partial charge in [-0.3, -0.25) is 4.79 Å². The first-order chi connectivity index (χ1) is 14.1. The summed E-state index contributed by atoms with van der Waals surface area (Å²) in [6.45, 7) is 1.99. The highest BCUT2D eigenvalue weighted by Crippen LogP contribution is 2.22. The minimum atomic E-state index is -0.0778. The zero-order valence-corrected chi connectivity index (χ0v) is 16.4. The summed E-state index contributed by atoms with van der Waals surface area (Å²) in [6, 6.07) is 21.7. The lowest BCUT2D eigenvalue weighted by Crippen LogP contribution is -2.33. The number of carbonyl (C=O) groups is 1. The minimum absolute atomic E-state index is 0.00375. The molecule has 6 nitrogen and oxygen atoms in total. The van der Waals surface area contributed by atoms with E-state index in [4.69, 9.17) is 4.74 Å². The molecule has 6 heteroatoms. The molecule has 29 heavy (non-hydrogen) atoms. The molecule has 1 atom stereocenters. The van der Waals surface area contributed by atoms with Crippen LogP contribution in [0.1, 0.15) is 18.5 Å². The number of carbonyl (C=O) groups excluding carboxylic acids is 1. The molecule has 1 aromatic heterocycles. The number of amides is 1. The molecule has 0 N–H and O–H groups in total. The lowest BCUT2D eigenvalue weighted by molar-refractivity contribution is -0.134. The Kier molecular flexibility index (Phi) is 5.24. The summed E-state index contributed by atoms with van der Waals surface area (Å²) in [4.78, 5) is 18.3. The smallest absolute Gasteiger partial charge is 0.260 e. The van der Waals surface area contributed by atoms with Crippen LogP contribution in [-0.4, -0.2) is 39.2 Å². The van der Waals surface area contributed by atoms with Gasteiger partial charge >= 0.3 is 0 Å². The van der Waals surface area contributed by atoms with E-state index < -0.39 is 0 Å². The van der Waals surface area contributed by atoms with Crippen LogP contribution in [0.15, 0.2) is 79.4 Å². The van der Waals surface area contributed by atoms with E-state index in [9.17, 15) is 4.79 Å². The summed E-state index contributed by atoms with van der Waals surface area (Å²) >= 11 is 0. The van der Waals surface area contributed by atoms with Crippen molar-refractivity contribution in [1.29, 1.82) is 0 Å². The van der Waals surface area contributed by atoms with E-state index in [1.807, 2.05) is 73.7 Å². The van der Waals surface area contributed by atoms with Crippen LogP contribution in [0.25, 0.3) is 16.5 Å². The predicted molar refractivity (Wildman–Crippen MR) is 112 cm³/mol. The molecule has 0 spiro atoms. The molecular weight excluding hydrogens is 364 g/mol. The second-order valence-electron chi connectivity index (χ2n) is 6.91. The summed E-state index contributed by atoms with van der Waals surface area (Å²) in [7, 11) is 1.79. The van der Waals surface area contributed by atoms with Crippen LogP contribution < -0.4 is 4.74 Å². The SMILES string of the molecule is C[C@H](c1ccc(-n2cncn2)cc1)N(C)C(=O)COc1ccc2ccccc2c1. The van der Waals surface area contributed by atoms with Crippen LogP contribution in [0.4, 0.5) is 0 Å². The number of ether oxygens (including phenoxy) is 1. The Labute approximate surface area is 169 Å². The van der Waals surface area contributed by atoms with Crippen LogP contribution in [0.5, 0.6) is 5.75 Å². The van der Waals surface area contributed by atoms with E-state index in [2.05, 4.69) is 10.1 Å². The van der Waals surface area contributed by atoms with Gasteiger partial charge in [0.25, 0.3) is 5.91 Å². The lowest BCUT2D eigenvalue weighted by Gasteiger charge is -2.25. The van der Waals surface area contributed by atoms with E-state index in [1.165, 1.54) is 6.33 Å². The van der Waals surface area contributed by atoms with Gasteiger partial charge in [0.2, 0.25) is 0 Å². The van der Waals surface area contributed by atoms with Crippen molar-refractivity contribution in [3.05, 3.63) is 84.9 Å². The van der Waals surface area contributed by atoms with E-state index in [0.717, 1.165) is 22.0 Å². The number of nitrogens with zero attached hydrogens (tertiary/aromatic N) is 4. The molecule has 0 unspecified atom stereocenters. The van der Waals surface area contributed by atoms with E-state index >= 15 is 0 Å². The van der Waals surface area contributed by atoms with Crippen molar-refractivity contribution >= 4 is 16.7 Å². The standard InChI is InChI=1S/C23H22N4O2/c1-17(18-7-10-21(11-8-18)27-16-24-15-25-27)26(2)23(28)14-29-22-12-9-19-5-3-4-6-20(19)13-22/h3-13,15-17H,14H2,1-2H3/t17-/m1/s1. The molecule has 0 aliphatic carbocycles. The summed E-state index contributed by atoms with van der Waals surface area (Å²) in [5.41, 5.74) is 1.96. The topological polar surface area (TPSA) is 60.2 Å². The zero-order valence-electron chi connectivity index (χ0n) is 16.4. The molecule has 4 aromatic rings. The van der Waals surface area contributed by atoms with Gasteiger partial charge in [0, 0.05) is 7.05 Å². The van der Waals surface area contributed by atoms with Gasteiger partial charge in [-0.1, -0.05) is 42.5 Å². The minimum Gasteiger partial charge on any atom is -0.484 e. The number of hydrogen-bond acceptors (Lipinski definition) is 4. The van der Waals surface area contributed by atoms with Gasteiger partial charge < -0.3 is 9.64 Å². The van der Waals surface area contributed by atoms with Gasteiger partial charge in [-0.15, -0.1) is 0 Å². The van der Waals surface area contributed by atoms with Crippen molar-refractivity contribution in [1.82, 2.24) is 19.7 Å². The molecule has 0 aliphatic heterocycles. The first-order valence-electron chi connectivity index (χ1n) is 9.44. The van der Waals surface area contributed by atoms with Crippen LogP contribution in [0, 0.1) is 0 Å².